The van der Waals surface area contributed by atoms with Crippen LogP contribution in [0, 0.1) is 0 Å². The highest BCUT2D eigenvalue weighted by atomic mass is 16.6. The first-order valence-corrected chi connectivity index (χ1v) is 9.60. The molecule has 2 aliphatic rings. The number of hydrogen-bond acceptors (Lipinski definition) is 4. The summed E-state index contributed by atoms with van der Waals surface area (Å²) in [6.07, 6.45) is 10.0. The van der Waals surface area contributed by atoms with Gasteiger partial charge in [-0.2, -0.15) is 0 Å². The van der Waals surface area contributed by atoms with E-state index in [2.05, 4.69) is 6.07 Å². The normalized spacial score (nSPS) is 22.6. The van der Waals surface area contributed by atoms with E-state index in [0.29, 0.717) is 5.75 Å². The lowest BCUT2D eigenvalue weighted by Crippen LogP contribution is -2.35. The van der Waals surface area contributed by atoms with E-state index < -0.39 is 0 Å². The van der Waals surface area contributed by atoms with Gasteiger partial charge in [0.1, 0.15) is 11.4 Å². The molecule has 4 heteroatoms. The van der Waals surface area contributed by atoms with Crippen LogP contribution in [-0.2, 0) is 20.7 Å². The van der Waals surface area contributed by atoms with Crippen molar-refractivity contribution in [2.45, 2.75) is 76.4 Å². The molecule has 0 heterocycles. The van der Waals surface area contributed by atoms with Gasteiger partial charge in [-0.1, -0.05) is 18.9 Å². The summed E-state index contributed by atoms with van der Waals surface area (Å²) in [5.41, 5.74) is 2.22. The van der Waals surface area contributed by atoms with Gasteiger partial charge in [0.2, 0.25) is 0 Å². The summed E-state index contributed by atoms with van der Waals surface area (Å²) in [4.78, 5) is 12.2. The second-order valence-corrected chi connectivity index (χ2v) is 7.60. The van der Waals surface area contributed by atoms with Crippen molar-refractivity contribution in [2.75, 3.05) is 13.7 Å². The first-order chi connectivity index (χ1) is 12.1. The highest BCUT2D eigenvalue weighted by Crippen LogP contribution is 2.34. The summed E-state index contributed by atoms with van der Waals surface area (Å²) < 4.78 is 17.1. The van der Waals surface area contributed by atoms with Crippen LogP contribution in [0.15, 0.2) is 18.2 Å². The molecule has 25 heavy (non-hydrogen) atoms. The Labute approximate surface area is 150 Å². The SMILES string of the molecule is COC1CCCCc2ccc(OCC(=O)OC3(C)CCCCC3)cc21. The van der Waals surface area contributed by atoms with Gasteiger partial charge >= 0.3 is 5.97 Å². The Balaban J connectivity index is 1.59. The van der Waals surface area contributed by atoms with Gasteiger partial charge in [-0.25, -0.2) is 4.79 Å². The minimum Gasteiger partial charge on any atom is -0.482 e. The highest BCUT2D eigenvalue weighted by molar-refractivity contribution is 5.71. The number of fused-ring (bicyclic) bond motifs is 1. The fourth-order valence-electron chi connectivity index (χ4n) is 4.08. The monoisotopic (exact) mass is 346 g/mol. The average Bonchev–Trinajstić information content (AvgIpc) is 2.81. The molecule has 3 rings (SSSR count). The van der Waals surface area contributed by atoms with Crippen LogP contribution in [-0.4, -0.2) is 25.3 Å². The molecule has 0 N–H and O–H groups in total. The number of rotatable bonds is 5. The maximum Gasteiger partial charge on any atom is 0.344 e. The van der Waals surface area contributed by atoms with Crippen molar-refractivity contribution in [3.8, 4) is 5.75 Å². The van der Waals surface area contributed by atoms with E-state index in [4.69, 9.17) is 14.2 Å². The molecule has 0 saturated heterocycles. The molecule has 1 saturated carbocycles. The van der Waals surface area contributed by atoms with Crippen LogP contribution in [0.1, 0.15) is 75.5 Å². The van der Waals surface area contributed by atoms with E-state index in [9.17, 15) is 4.79 Å². The van der Waals surface area contributed by atoms with Crippen LogP contribution in [0.3, 0.4) is 0 Å². The maximum absolute atomic E-state index is 12.2. The quantitative estimate of drug-likeness (QED) is 0.570. The molecule has 1 fully saturated rings. The predicted octanol–water partition coefficient (Wildman–Crippen LogP) is 4.75. The fraction of sp³-hybridized carbons (Fsp3) is 0.667. The van der Waals surface area contributed by atoms with Crippen LogP contribution < -0.4 is 4.74 Å². The van der Waals surface area contributed by atoms with E-state index >= 15 is 0 Å². The third-order valence-corrected chi connectivity index (χ3v) is 5.54. The maximum atomic E-state index is 12.2. The van der Waals surface area contributed by atoms with E-state index in [0.717, 1.165) is 38.5 Å². The molecule has 0 bridgehead atoms. The van der Waals surface area contributed by atoms with Gasteiger partial charge in [-0.3, -0.25) is 0 Å². The van der Waals surface area contributed by atoms with Gasteiger partial charge in [0.25, 0.3) is 0 Å². The van der Waals surface area contributed by atoms with Crippen molar-refractivity contribution >= 4 is 5.97 Å². The Morgan fingerprint density at radius 3 is 2.72 bits per heavy atom. The van der Waals surface area contributed by atoms with Crippen LogP contribution in [0.4, 0.5) is 0 Å². The molecule has 0 radical (unpaired) electrons. The number of carbonyl (C=O) groups is 1. The lowest BCUT2D eigenvalue weighted by molar-refractivity contribution is -0.163. The molecule has 138 valence electrons. The zero-order chi connectivity index (χ0) is 17.7. The predicted molar refractivity (Wildman–Crippen MR) is 96.8 cm³/mol. The molecule has 4 nitrogen and oxygen atoms in total. The molecule has 1 atom stereocenters. The van der Waals surface area contributed by atoms with Crippen LogP contribution >= 0.6 is 0 Å². The first-order valence-electron chi connectivity index (χ1n) is 9.60. The smallest absolute Gasteiger partial charge is 0.344 e. The largest absolute Gasteiger partial charge is 0.482 e. The van der Waals surface area contributed by atoms with Gasteiger partial charge in [0, 0.05) is 7.11 Å². The van der Waals surface area contributed by atoms with E-state index in [1.807, 2.05) is 19.1 Å². The van der Waals surface area contributed by atoms with Crippen molar-refractivity contribution in [1.82, 2.24) is 0 Å². The standard InChI is InChI=1S/C21H30O4/c1-21(12-6-3-7-13-21)25-20(22)15-24-17-11-10-16-8-4-5-9-19(23-2)18(16)14-17/h10-11,14,19H,3-9,12-13,15H2,1-2H3. The molecule has 0 aliphatic heterocycles. The molecule has 0 amide bonds. The third-order valence-electron chi connectivity index (χ3n) is 5.54. The Bertz CT molecular complexity index is 590. The van der Waals surface area contributed by atoms with E-state index in [1.54, 1.807) is 7.11 Å². The number of methoxy groups -OCH3 is 1. The summed E-state index contributed by atoms with van der Waals surface area (Å²) in [6, 6.07) is 6.09. The van der Waals surface area contributed by atoms with Crippen molar-refractivity contribution in [2.24, 2.45) is 0 Å². The molecule has 1 aromatic rings. The minimum absolute atomic E-state index is 0.0357. The Morgan fingerprint density at radius 2 is 1.96 bits per heavy atom. The summed E-state index contributed by atoms with van der Waals surface area (Å²) in [5, 5.41) is 0. The van der Waals surface area contributed by atoms with Gasteiger partial charge in [-0.15, -0.1) is 0 Å². The van der Waals surface area contributed by atoms with Crippen molar-refractivity contribution < 1.29 is 19.0 Å². The second-order valence-electron chi connectivity index (χ2n) is 7.60. The third kappa shape index (κ3) is 4.75. The summed E-state index contributed by atoms with van der Waals surface area (Å²) in [7, 11) is 1.76. The number of esters is 1. The van der Waals surface area contributed by atoms with Crippen molar-refractivity contribution in [3.63, 3.8) is 0 Å². The zero-order valence-electron chi connectivity index (χ0n) is 15.5. The lowest BCUT2D eigenvalue weighted by atomic mass is 9.86. The van der Waals surface area contributed by atoms with Crippen LogP contribution in [0.25, 0.3) is 0 Å². The van der Waals surface area contributed by atoms with E-state index in [-0.39, 0.29) is 24.3 Å². The number of carbonyl (C=O) groups excluding carboxylic acids is 1. The number of ether oxygens (including phenoxy) is 3. The highest BCUT2D eigenvalue weighted by Gasteiger charge is 2.30. The van der Waals surface area contributed by atoms with Crippen molar-refractivity contribution in [1.29, 1.82) is 0 Å². The lowest BCUT2D eigenvalue weighted by Gasteiger charge is -2.33. The van der Waals surface area contributed by atoms with Crippen molar-refractivity contribution in [3.05, 3.63) is 29.3 Å². The molecule has 1 unspecified atom stereocenters. The second kappa shape index (κ2) is 8.22. The number of benzene rings is 1. The van der Waals surface area contributed by atoms with Crippen LogP contribution in [0.5, 0.6) is 5.75 Å². The molecule has 1 aromatic carbocycles. The molecule has 0 aromatic heterocycles. The first kappa shape index (κ1) is 18.2. The summed E-state index contributed by atoms with van der Waals surface area (Å²) in [5.74, 6) is 0.441. The summed E-state index contributed by atoms with van der Waals surface area (Å²) >= 11 is 0. The Kier molecular flexibility index (Phi) is 6.00. The molecule has 0 spiro atoms. The molecular weight excluding hydrogens is 316 g/mol. The Hall–Kier alpha value is -1.55. The fourth-order valence-corrected chi connectivity index (χ4v) is 4.08. The molecular formula is C21H30O4. The van der Waals surface area contributed by atoms with Crippen LogP contribution in [0.2, 0.25) is 0 Å². The number of aryl methyl sites for hydroxylation is 1. The minimum atomic E-state index is -0.312. The Morgan fingerprint density at radius 1 is 1.16 bits per heavy atom. The molecule has 2 aliphatic carbocycles. The van der Waals surface area contributed by atoms with Gasteiger partial charge in [0.15, 0.2) is 6.61 Å². The van der Waals surface area contributed by atoms with Gasteiger partial charge in [-0.05, 0) is 75.1 Å². The van der Waals surface area contributed by atoms with Gasteiger partial charge < -0.3 is 14.2 Å². The zero-order valence-corrected chi connectivity index (χ0v) is 15.5. The number of hydrogen-bond donors (Lipinski definition) is 0. The summed E-state index contributed by atoms with van der Waals surface area (Å²) in [6.45, 7) is 2.00. The van der Waals surface area contributed by atoms with Gasteiger partial charge in [0.05, 0.1) is 6.10 Å². The topological polar surface area (TPSA) is 44.8 Å². The van der Waals surface area contributed by atoms with E-state index in [1.165, 1.54) is 30.4 Å². The average molecular weight is 346 g/mol.